The van der Waals surface area contributed by atoms with Crippen LogP contribution in [0, 0.1) is 5.92 Å². The zero-order valence-electron chi connectivity index (χ0n) is 11.7. The zero-order chi connectivity index (χ0) is 15.5. The average Bonchev–Trinajstić information content (AvgIpc) is 3.20. The molecule has 1 fully saturated rings. The fourth-order valence-electron chi connectivity index (χ4n) is 2.11. The van der Waals surface area contributed by atoms with Crippen molar-refractivity contribution in [3.05, 3.63) is 29.8 Å². The lowest BCUT2D eigenvalue weighted by atomic mass is 10.1. The quantitative estimate of drug-likeness (QED) is 0.821. The van der Waals surface area contributed by atoms with E-state index in [4.69, 9.17) is 5.73 Å². The van der Waals surface area contributed by atoms with E-state index in [9.17, 15) is 18.0 Å². The maximum atomic E-state index is 12.4. The molecule has 0 aromatic heterocycles. The minimum absolute atomic E-state index is 0.116. The van der Waals surface area contributed by atoms with Crippen LogP contribution < -0.4 is 5.73 Å². The predicted octanol–water partition coefficient (Wildman–Crippen LogP) is 3.00. The molecular formula is C15H19F3N2O. The molecule has 0 spiro atoms. The highest BCUT2D eigenvalue weighted by molar-refractivity contribution is 5.79. The molecule has 1 aliphatic rings. The Morgan fingerprint density at radius 2 is 1.86 bits per heavy atom. The smallest absolute Gasteiger partial charge is 0.390 e. The number of anilines is 1. The highest BCUT2D eigenvalue weighted by atomic mass is 19.4. The van der Waals surface area contributed by atoms with Gasteiger partial charge in [0.1, 0.15) is 0 Å². The van der Waals surface area contributed by atoms with E-state index in [0.29, 0.717) is 18.2 Å². The van der Waals surface area contributed by atoms with Crippen molar-refractivity contribution in [2.75, 3.05) is 18.8 Å². The second-order valence-electron chi connectivity index (χ2n) is 5.57. The van der Waals surface area contributed by atoms with Gasteiger partial charge < -0.3 is 10.6 Å². The highest BCUT2D eigenvalue weighted by Crippen LogP contribution is 2.30. The second-order valence-corrected chi connectivity index (χ2v) is 5.57. The van der Waals surface area contributed by atoms with Crippen LogP contribution in [0.1, 0.15) is 24.8 Å². The van der Waals surface area contributed by atoms with Crippen molar-refractivity contribution in [2.24, 2.45) is 5.92 Å². The minimum Gasteiger partial charge on any atom is -0.399 e. The minimum atomic E-state index is -4.23. The number of alkyl halides is 3. The summed E-state index contributed by atoms with van der Waals surface area (Å²) >= 11 is 0. The fraction of sp³-hybridized carbons (Fsp3) is 0.533. The van der Waals surface area contributed by atoms with E-state index in [0.717, 1.165) is 18.4 Å². The van der Waals surface area contributed by atoms with Gasteiger partial charge in [0.25, 0.3) is 0 Å². The van der Waals surface area contributed by atoms with Gasteiger partial charge in [0.15, 0.2) is 0 Å². The van der Waals surface area contributed by atoms with E-state index < -0.39 is 12.6 Å². The largest absolute Gasteiger partial charge is 0.399 e. The van der Waals surface area contributed by atoms with Crippen molar-refractivity contribution in [3.63, 3.8) is 0 Å². The maximum absolute atomic E-state index is 12.4. The summed E-state index contributed by atoms with van der Waals surface area (Å²) in [4.78, 5) is 13.6. The summed E-state index contributed by atoms with van der Waals surface area (Å²) < 4.78 is 37.1. The van der Waals surface area contributed by atoms with Gasteiger partial charge >= 0.3 is 6.18 Å². The summed E-state index contributed by atoms with van der Waals surface area (Å²) in [6, 6.07) is 6.83. The van der Waals surface area contributed by atoms with Crippen LogP contribution in [0.2, 0.25) is 0 Å². The van der Waals surface area contributed by atoms with Crippen LogP contribution in [0.5, 0.6) is 0 Å². The van der Waals surface area contributed by atoms with E-state index in [-0.39, 0.29) is 18.9 Å². The van der Waals surface area contributed by atoms with Crippen LogP contribution in [0.25, 0.3) is 0 Å². The van der Waals surface area contributed by atoms with Crippen LogP contribution in [-0.2, 0) is 11.2 Å². The third kappa shape index (κ3) is 5.65. The molecule has 2 N–H and O–H groups in total. The molecule has 2 rings (SSSR count). The first-order valence-corrected chi connectivity index (χ1v) is 7.02. The molecule has 0 radical (unpaired) electrons. The SMILES string of the molecule is Nc1ccc(CC(=O)N(CCC(F)(F)F)CC2CC2)cc1. The first-order valence-electron chi connectivity index (χ1n) is 7.02. The van der Waals surface area contributed by atoms with E-state index in [2.05, 4.69) is 0 Å². The lowest BCUT2D eigenvalue weighted by molar-refractivity contribution is -0.145. The number of carbonyl (C=O) groups excluding carboxylic acids is 1. The molecule has 6 heteroatoms. The summed E-state index contributed by atoms with van der Waals surface area (Å²) in [5.41, 5.74) is 6.93. The van der Waals surface area contributed by atoms with Gasteiger partial charge in [-0.2, -0.15) is 13.2 Å². The fourth-order valence-corrected chi connectivity index (χ4v) is 2.11. The number of hydrogen-bond acceptors (Lipinski definition) is 2. The molecule has 1 aromatic carbocycles. The summed E-state index contributed by atoms with van der Waals surface area (Å²) in [5.74, 6) is 0.115. The molecular weight excluding hydrogens is 281 g/mol. The zero-order valence-corrected chi connectivity index (χ0v) is 11.7. The van der Waals surface area contributed by atoms with Crippen molar-refractivity contribution in [1.29, 1.82) is 0 Å². The third-order valence-electron chi connectivity index (χ3n) is 3.53. The van der Waals surface area contributed by atoms with Crippen molar-refractivity contribution < 1.29 is 18.0 Å². The molecule has 0 heterocycles. The molecule has 0 bridgehead atoms. The molecule has 0 unspecified atom stereocenters. The Morgan fingerprint density at radius 3 is 2.38 bits per heavy atom. The van der Waals surface area contributed by atoms with Crippen LogP contribution in [0.4, 0.5) is 18.9 Å². The number of halogens is 3. The molecule has 1 saturated carbocycles. The molecule has 3 nitrogen and oxygen atoms in total. The molecule has 1 aromatic rings. The summed E-state index contributed by atoms with van der Waals surface area (Å²) in [7, 11) is 0. The van der Waals surface area contributed by atoms with Crippen LogP contribution >= 0.6 is 0 Å². The Balaban J connectivity index is 1.94. The number of benzene rings is 1. The standard InChI is InChI=1S/C15H19F3N2O/c16-15(17,18)7-8-20(10-12-1-2-12)14(21)9-11-3-5-13(19)6-4-11/h3-6,12H,1-2,7-10,19H2. The number of hydrogen-bond donors (Lipinski definition) is 1. The van der Waals surface area contributed by atoms with E-state index in [1.54, 1.807) is 24.3 Å². The van der Waals surface area contributed by atoms with Gasteiger partial charge in [-0.05, 0) is 36.5 Å². The second kappa shape index (κ2) is 6.37. The van der Waals surface area contributed by atoms with Gasteiger partial charge in [0.05, 0.1) is 12.8 Å². The van der Waals surface area contributed by atoms with Gasteiger partial charge in [0.2, 0.25) is 5.91 Å². The molecule has 0 saturated heterocycles. The van der Waals surface area contributed by atoms with Gasteiger partial charge in [-0.3, -0.25) is 4.79 Å². The number of nitrogens with zero attached hydrogens (tertiary/aromatic N) is 1. The van der Waals surface area contributed by atoms with Crippen LogP contribution in [-0.4, -0.2) is 30.1 Å². The van der Waals surface area contributed by atoms with E-state index >= 15 is 0 Å². The third-order valence-corrected chi connectivity index (χ3v) is 3.53. The van der Waals surface area contributed by atoms with Crippen molar-refractivity contribution in [2.45, 2.75) is 31.9 Å². The molecule has 116 valence electrons. The molecule has 1 amide bonds. The van der Waals surface area contributed by atoms with E-state index in [1.165, 1.54) is 4.90 Å². The first kappa shape index (κ1) is 15.7. The molecule has 1 aliphatic carbocycles. The highest BCUT2D eigenvalue weighted by Gasteiger charge is 2.31. The molecule has 0 aliphatic heterocycles. The molecule has 21 heavy (non-hydrogen) atoms. The Hall–Kier alpha value is -1.72. The average molecular weight is 300 g/mol. The maximum Gasteiger partial charge on any atom is 0.390 e. The predicted molar refractivity (Wildman–Crippen MR) is 74.5 cm³/mol. The number of nitrogens with two attached hydrogens (primary N) is 1. The first-order chi connectivity index (χ1) is 9.83. The summed E-state index contributed by atoms with van der Waals surface area (Å²) in [5, 5.41) is 0. The Kier molecular flexibility index (Phi) is 4.75. The Morgan fingerprint density at radius 1 is 1.24 bits per heavy atom. The molecule has 0 atom stereocenters. The van der Waals surface area contributed by atoms with Gasteiger partial charge in [-0.15, -0.1) is 0 Å². The Bertz CT molecular complexity index is 481. The number of nitrogen functional groups attached to an aromatic ring is 1. The lowest BCUT2D eigenvalue weighted by Gasteiger charge is -2.23. The van der Waals surface area contributed by atoms with Gasteiger partial charge in [0, 0.05) is 18.8 Å². The van der Waals surface area contributed by atoms with Crippen molar-refractivity contribution in [3.8, 4) is 0 Å². The number of rotatable bonds is 6. The topological polar surface area (TPSA) is 46.3 Å². The number of amides is 1. The lowest BCUT2D eigenvalue weighted by Crippen LogP contribution is -2.36. The monoisotopic (exact) mass is 300 g/mol. The summed E-state index contributed by atoms with van der Waals surface area (Å²) in [6.07, 6.45) is -3.07. The number of carbonyl (C=O) groups is 1. The Labute approximate surface area is 121 Å². The van der Waals surface area contributed by atoms with Gasteiger partial charge in [-0.25, -0.2) is 0 Å². The normalized spacial score (nSPS) is 15.0. The van der Waals surface area contributed by atoms with Gasteiger partial charge in [-0.1, -0.05) is 12.1 Å². The van der Waals surface area contributed by atoms with Crippen molar-refractivity contribution >= 4 is 11.6 Å². The van der Waals surface area contributed by atoms with E-state index in [1.807, 2.05) is 0 Å². The van der Waals surface area contributed by atoms with Crippen LogP contribution in [0.15, 0.2) is 24.3 Å². The summed E-state index contributed by atoms with van der Waals surface area (Å²) in [6.45, 7) is 0.178. The van der Waals surface area contributed by atoms with Crippen molar-refractivity contribution in [1.82, 2.24) is 4.90 Å². The van der Waals surface area contributed by atoms with Crippen LogP contribution in [0.3, 0.4) is 0 Å².